The molecule has 110 valence electrons. The van der Waals surface area contributed by atoms with Crippen LogP contribution >= 0.6 is 0 Å². The molecule has 0 aliphatic carbocycles. The number of benzene rings is 2. The van der Waals surface area contributed by atoms with Gasteiger partial charge >= 0.3 is 0 Å². The number of carbonyl (C=O) groups excluding carboxylic acids is 1. The van der Waals surface area contributed by atoms with E-state index in [1.807, 2.05) is 13.0 Å². The average molecular weight is 288 g/mol. The SMILES string of the molecule is CC(c1cccc(N)c1)N(C)C(=O)c1c(O)cccc1F. The largest absolute Gasteiger partial charge is 0.507 e. The lowest BCUT2D eigenvalue weighted by Gasteiger charge is -2.26. The molecule has 2 aromatic rings. The molecule has 1 amide bonds. The highest BCUT2D eigenvalue weighted by Gasteiger charge is 2.24. The molecule has 0 fully saturated rings. The third-order valence-corrected chi connectivity index (χ3v) is 3.50. The zero-order valence-electron chi connectivity index (χ0n) is 11.9. The summed E-state index contributed by atoms with van der Waals surface area (Å²) in [4.78, 5) is 13.7. The van der Waals surface area contributed by atoms with Crippen molar-refractivity contribution < 1.29 is 14.3 Å². The van der Waals surface area contributed by atoms with E-state index in [9.17, 15) is 14.3 Å². The molecule has 2 rings (SSSR count). The fourth-order valence-corrected chi connectivity index (χ4v) is 2.12. The van der Waals surface area contributed by atoms with Gasteiger partial charge in [-0.1, -0.05) is 18.2 Å². The molecule has 3 N–H and O–H groups in total. The van der Waals surface area contributed by atoms with E-state index in [1.54, 1.807) is 25.2 Å². The topological polar surface area (TPSA) is 66.6 Å². The third-order valence-electron chi connectivity index (χ3n) is 3.50. The Morgan fingerprint density at radius 3 is 2.57 bits per heavy atom. The summed E-state index contributed by atoms with van der Waals surface area (Å²) >= 11 is 0. The Morgan fingerprint density at radius 2 is 1.95 bits per heavy atom. The molecule has 0 bridgehead atoms. The van der Waals surface area contributed by atoms with E-state index in [-0.39, 0.29) is 17.4 Å². The molecule has 2 aromatic carbocycles. The van der Waals surface area contributed by atoms with Crippen molar-refractivity contribution in [2.75, 3.05) is 12.8 Å². The first kappa shape index (κ1) is 14.8. The Balaban J connectivity index is 2.31. The number of aromatic hydroxyl groups is 1. The van der Waals surface area contributed by atoms with Gasteiger partial charge in [-0.05, 0) is 36.8 Å². The van der Waals surface area contributed by atoms with Crippen molar-refractivity contribution in [3.8, 4) is 5.75 Å². The van der Waals surface area contributed by atoms with Crippen LogP contribution in [0.25, 0.3) is 0 Å². The number of halogens is 1. The molecule has 0 radical (unpaired) electrons. The van der Waals surface area contributed by atoms with Crippen molar-refractivity contribution in [1.29, 1.82) is 0 Å². The van der Waals surface area contributed by atoms with Gasteiger partial charge in [-0.2, -0.15) is 0 Å². The van der Waals surface area contributed by atoms with Gasteiger partial charge in [0.2, 0.25) is 0 Å². The number of rotatable bonds is 3. The number of hydrogen-bond acceptors (Lipinski definition) is 3. The average Bonchev–Trinajstić information content (AvgIpc) is 2.45. The molecule has 1 atom stereocenters. The Morgan fingerprint density at radius 1 is 1.29 bits per heavy atom. The van der Waals surface area contributed by atoms with E-state index in [1.165, 1.54) is 17.0 Å². The monoisotopic (exact) mass is 288 g/mol. The summed E-state index contributed by atoms with van der Waals surface area (Å²) in [7, 11) is 1.56. The summed E-state index contributed by atoms with van der Waals surface area (Å²) in [5.74, 6) is -1.70. The van der Waals surface area contributed by atoms with Crippen LogP contribution in [0.3, 0.4) is 0 Å². The van der Waals surface area contributed by atoms with E-state index in [4.69, 9.17) is 5.73 Å². The van der Waals surface area contributed by atoms with E-state index in [0.717, 1.165) is 11.6 Å². The maximum absolute atomic E-state index is 13.8. The van der Waals surface area contributed by atoms with E-state index in [2.05, 4.69) is 0 Å². The predicted molar refractivity (Wildman–Crippen MR) is 79.4 cm³/mol. The predicted octanol–water partition coefficient (Wildman–Crippen LogP) is 2.95. The van der Waals surface area contributed by atoms with Crippen LogP contribution in [0.4, 0.5) is 10.1 Å². The summed E-state index contributed by atoms with van der Waals surface area (Å²) in [6, 6.07) is 10.6. The van der Waals surface area contributed by atoms with Crippen molar-refractivity contribution in [3.05, 3.63) is 59.4 Å². The Labute approximate surface area is 122 Å². The van der Waals surface area contributed by atoms with Crippen LogP contribution in [-0.4, -0.2) is 23.0 Å². The molecule has 0 aliphatic rings. The van der Waals surface area contributed by atoms with Crippen molar-refractivity contribution in [2.45, 2.75) is 13.0 Å². The standard InChI is InChI=1S/C16H17FN2O2/c1-10(11-5-3-6-12(18)9-11)19(2)16(21)15-13(17)7-4-8-14(15)20/h3-10,20H,18H2,1-2H3. The molecule has 0 aliphatic heterocycles. The third kappa shape index (κ3) is 2.97. The number of nitrogens with zero attached hydrogens (tertiary/aromatic N) is 1. The van der Waals surface area contributed by atoms with E-state index < -0.39 is 11.7 Å². The van der Waals surface area contributed by atoms with Gasteiger partial charge in [0.15, 0.2) is 0 Å². The highest BCUT2D eigenvalue weighted by molar-refractivity contribution is 5.97. The van der Waals surface area contributed by atoms with Crippen LogP contribution < -0.4 is 5.73 Å². The smallest absolute Gasteiger partial charge is 0.260 e. The van der Waals surface area contributed by atoms with Gasteiger partial charge in [-0.3, -0.25) is 4.79 Å². The molecule has 1 unspecified atom stereocenters. The van der Waals surface area contributed by atoms with Crippen molar-refractivity contribution in [1.82, 2.24) is 4.90 Å². The summed E-state index contributed by atoms with van der Waals surface area (Å²) in [6.45, 7) is 1.81. The molecule has 0 spiro atoms. The molecule has 5 heteroatoms. The molecule has 0 aromatic heterocycles. The Kier molecular flexibility index (Phi) is 4.12. The van der Waals surface area contributed by atoms with Crippen LogP contribution in [0.15, 0.2) is 42.5 Å². The maximum Gasteiger partial charge on any atom is 0.260 e. The number of carbonyl (C=O) groups is 1. The summed E-state index contributed by atoms with van der Waals surface area (Å²) in [5, 5.41) is 9.70. The van der Waals surface area contributed by atoms with Gasteiger partial charge < -0.3 is 15.7 Å². The van der Waals surface area contributed by atoms with Gasteiger partial charge in [0.1, 0.15) is 17.1 Å². The van der Waals surface area contributed by atoms with Gasteiger partial charge in [0.05, 0.1) is 6.04 Å². The normalized spacial score (nSPS) is 12.0. The minimum atomic E-state index is -0.744. The molecule has 21 heavy (non-hydrogen) atoms. The highest BCUT2D eigenvalue weighted by atomic mass is 19.1. The first-order valence-electron chi connectivity index (χ1n) is 6.52. The van der Waals surface area contributed by atoms with E-state index >= 15 is 0 Å². The summed E-state index contributed by atoms with van der Waals surface area (Å²) in [5.41, 5.74) is 6.83. The second-order valence-electron chi connectivity index (χ2n) is 4.90. The fraction of sp³-hybridized carbons (Fsp3) is 0.188. The minimum Gasteiger partial charge on any atom is -0.507 e. The van der Waals surface area contributed by atoms with Crippen molar-refractivity contribution >= 4 is 11.6 Å². The number of hydrogen-bond donors (Lipinski definition) is 2. The summed E-state index contributed by atoms with van der Waals surface area (Å²) < 4.78 is 13.8. The van der Waals surface area contributed by atoms with Gasteiger partial charge in [0, 0.05) is 12.7 Å². The number of nitrogen functional groups attached to an aromatic ring is 1. The molecular formula is C16H17FN2O2. The lowest BCUT2D eigenvalue weighted by Crippen LogP contribution is -2.30. The fourth-order valence-electron chi connectivity index (χ4n) is 2.12. The lowest BCUT2D eigenvalue weighted by atomic mass is 10.0. The quantitative estimate of drug-likeness (QED) is 0.853. The van der Waals surface area contributed by atoms with E-state index in [0.29, 0.717) is 5.69 Å². The van der Waals surface area contributed by atoms with Gasteiger partial charge in [-0.15, -0.1) is 0 Å². The zero-order chi connectivity index (χ0) is 15.6. The van der Waals surface area contributed by atoms with Crippen molar-refractivity contribution in [3.63, 3.8) is 0 Å². The first-order valence-corrected chi connectivity index (χ1v) is 6.52. The Hall–Kier alpha value is -2.56. The van der Waals surface area contributed by atoms with Crippen LogP contribution in [0.5, 0.6) is 5.75 Å². The number of phenolic OH excluding ortho intramolecular Hbond substituents is 1. The second kappa shape index (κ2) is 5.83. The van der Waals surface area contributed by atoms with Crippen LogP contribution in [-0.2, 0) is 0 Å². The number of nitrogens with two attached hydrogens (primary N) is 1. The number of anilines is 1. The van der Waals surface area contributed by atoms with Crippen LogP contribution in [0, 0.1) is 5.82 Å². The second-order valence-corrected chi connectivity index (χ2v) is 4.90. The van der Waals surface area contributed by atoms with Gasteiger partial charge in [0.25, 0.3) is 5.91 Å². The van der Waals surface area contributed by atoms with Crippen LogP contribution in [0.2, 0.25) is 0 Å². The summed E-state index contributed by atoms with van der Waals surface area (Å²) in [6.07, 6.45) is 0. The molecule has 0 saturated carbocycles. The van der Waals surface area contributed by atoms with Crippen LogP contribution in [0.1, 0.15) is 28.9 Å². The lowest BCUT2D eigenvalue weighted by molar-refractivity contribution is 0.0734. The first-order chi connectivity index (χ1) is 9.91. The minimum absolute atomic E-state index is 0.306. The number of phenols is 1. The molecular weight excluding hydrogens is 271 g/mol. The molecule has 0 saturated heterocycles. The highest BCUT2D eigenvalue weighted by Crippen LogP contribution is 2.26. The van der Waals surface area contributed by atoms with Crippen molar-refractivity contribution in [2.24, 2.45) is 0 Å². The molecule has 4 nitrogen and oxygen atoms in total. The molecule has 0 heterocycles. The zero-order valence-corrected chi connectivity index (χ0v) is 11.9. The van der Waals surface area contributed by atoms with Gasteiger partial charge in [-0.25, -0.2) is 4.39 Å². The number of amides is 1. The Bertz CT molecular complexity index is 653. The maximum atomic E-state index is 13.8.